The number of nitriles is 1. The van der Waals surface area contributed by atoms with Gasteiger partial charge in [-0.05, 0) is 80.4 Å². The number of amides is 2. The van der Waals surface area contributed by atoms with Gasteiger partial charge in [-0.15, -0.1) is 0 Å². The molecule has 8 heteroatoms. The first-order valence-electron chi connectivity index (χ1n) is 11.3. The van der Waals surface area contributed by atoms with Gasteiger partial charge in [0.2, 0.25) is 5.91 Å². The predicted molar refractivity (Wildman–Crippen MR) is 135 cm³/mol. The number of ether oxygens (including phenoxy) is 1. The minimum atomic E-state index is -0.710. The van der Waals surface area contributed by atoms with Crippen LogP contribution in [0.25, 0.3) is 0 Å². The molecule has 2 aliphatic heterocycles. The summed E-state index contributed by atoms with van der Waals surface area (Å²) in [5.74, 6) is -0.0657. The molecule has 0 bridgehead atoms. The summed E-state index contributed by atoms with van der Waals surface area (Å²) in [5.41, 5.74) is 2.46. The van der Waals surface area contributed by atoms with E-state index in [2.05, 4.69) is 26.9 Å². The first-order chi connectivity index (χ1) is 15.9. The molecule has 34 heavy (non-hydrogen) atoms. The zero-order valence-electron chi connectivity index (χ0n) is 20.2. The molecule has 1 saturated heterocycles. The highest BCUT2D eigenvalue weighted by Crippen LogP contribution is 2.48. The summed E-state index contributed by atoms with van der Waals surface area (Å²) >= 11 is 3.44. The van der Waals surface area contributed by atoms with Crippen LogP contribution in [0.3, 0.4) is 0 Å². The van der Waals surface area contributed by atoms with Crippen LogP contribution in [0.4, 0.5) is 21.9 Å². The van der Waals surface area contributed by atoms with Crippen LogP contribution >= 0.6 is 15.9 Å². The largest absolute Gasteiger partial charge is 0.444 e. The van der Waals surface area contributed by atoms with Crippen molar-refractivity contribution in [3.63, 3.8) is 0 Å². The Morgan fingerprint density at radius 1 is 1.09 bits per heavy atom. The number of piperazine rings is 1. The van der Waals surface area contributed by atoms with E-state index in [0.717, 1.165) is 16.9 Å². The average Bonchev–Trinajstić information content (AvgIpc) is 2.97. The van der Waals surface area contributed by atoms with Crippen molar-refractivity contribution in [1.29, 1.82) is 5.26 Å². The lowest BCUT2D eigenvalue weighted by Crippen LogP contribution is -2.50. The van der Waals surface area contributed by atoms with Crippen molar-refractivity contribution in [3.8, 4) is 6.07 Å². The number of carbonyl (C=O) groups is 2. The molecule has 178 valence electrons. The maximum Gasteiger partial charge on any atom is 0.410 e. The van der Waals surface area contributed by atoms with E-state index < -0.39 is 11.0 Å². The van der Waals surface area contributed by atoms with E-state index in [0.29, 0.717) is 41.9 Å². The van der Waals surface area contributed by atoms with Gasteiger partial charge in [0.15, 0.2) is 0 Å². The minimum absolute atomic E-state index is 0.0657. The lowest BCUT2D eigenvalue weighted by molar-refractivity contribution is -0.121. The summed E-state index contributed by atoms with van der Waals surface area (Å²) in [6, 6.07) is 13.7. The Bertz CT molecular complexity index is 1190. The number of carbonyl (C=O) groups excluding carboxylic acids is 2. The average molecular weight is 525 g/mol. The standard InChI is InChI=1S/C26H29BrN4O3/c1-25(2,3)34-24(33)30-13-11-29(12-14-30)17-9-10-19-22(15-17)31(23(32)26(19,4)5)21-8-6-7-20(27)18(21)16-28/h6-10,15H,11-14H2,1-5H3. The van der Waals surface area contributed by atoms with Crippen molar-refractivity contribution < 1.29 is 14.3 Å². The molecule has 2 aromatic rings. The molecule has 2 aromatic carbocycles. The Balaban J connectivity index is 1.63. The zero-order chi connectivity index (χ0) is 24.8. The second kappa shape index (κ2) is 8.62. The number of fused-ring (bicyclic) bond motifs is 1. The van der Waals surface area contributed by atoms with Crippen LogP contribution in [0, 0.1) is 11.3 Å². The Kier molecular flexibility index (Phi) is 6.11. The van der Waals surface area contributed by atoms with Gasteiger partial charge in [0.05, 0.1) is 22.4 Å². The molecule has 0 unspecified atom stereocenters. The molecule has 2 heterocycles. The van der Waals surface area contributed by atoms with Crippen LogP contribution < -0.4 is 9.80 Å². The molecule has 0 radical (unpaired) electrons. The van der Waals surface area contributed by atoms with E-state index in [9.17, 15) is 14.9 Å². The summed E-state index contributed by atoms with van der Waals surface area (Å²) in [5, 5.41) is 9.75. The molecule has 1 fully saturated rings. The van der Waals surface area contributed by atoms with Crippen molar-refractivity contribution in [2.75, 3.05) is 36.0 Å². The van der Waals surface area contributed by atoms with Crippen LogP contribution in [0.1, 0.15) is 45.7 Å². The summed E-state index contributed by atoms with van der Waals surface area (Å²) < 4.78 is 6.16. The summed E-state index contributed by atoms with van der Waals surface area (Å²) in [7, 11) is 0. The first-order valence-corrected chi connectivity index (χ1v) is 12.1. The third kappa shape index (κ3) is 4.25. The van der Waals surface area contributed by atoms with E-state index in [1.54, 1.807) is 21.9 Å². The van der Waals surface area contributed by atoms with Gasteiger partial charge in [-0.3, -0.25) is 9.69 Å². The predicted octanol–water partition coefficient (Wildman–Crippen LogP) is 5.33. The smallest absolute Gasteiger partial charge is 0.410 e. The monoisotopic (exact) mass is 524 g/mol. The van der Waals surface area contributed by atoms with Crippen LogP contribution in [-0.2, 0) is 14.9 Å². The maximum absolute atomic E-state index is 13.5. The van der Waals surface area contributed by atoms with E-state index in [1.165, 1.54) is 0 Å². The molecule has 2 amide bonds. The first kappa shape index (κ1) is 24.1. The fourth-order valence-corrected chi connectivity index (χ4v) is 4.90. The van der Waals surface area contributed by atoms with Gasteiger partial charge in [0, 0.05) is 36.3 Å². The fraction of sp³-hybridized carbons (Fsp3) is 0.423. The quantitative estimate of drug-likeness (QED) is 0.530. The van der Waals surface area contributed by atoms with Crippen LogP contribution in [0.5, 0.6) is 0 Å². The molecule has 7 nitrogen and oxygen atoms in total. The van der Waals surface area contributed by atoms with Gasteiger partial charge in [0.25, 0.3) is 0 Å². The Morgan fingerprint density at radius 3 is 2.38 bits per heavy atom. The Hall–Kier alpha value is -3.05. The maximum atomic E-state index is 13.5. The number of halogens is 1. The van der Waals surface area contributed by atoms with E-state index in [1.807, 2.05) is 58.9 Å². The van der Waals surface area contributed by atoms with Crippen molar-refractivity contribution in [1.82, 2.24) is 4.90 Å². The molecular formula is C26H29BrN4O3. The van der Waals surface area contributed by atoms with E-state index in [4.69, 9.17) is 4.74 Å². The highest BCUT2D eigenvalue weighted by molar-refractivity contribution is 9.10. The van der Waals surface area contributed by atoms with Crippen molar-refractivity contribution in [2.45, 2.75) is 45.6 Å². The third-order valence-corrected chi connectivity index (χ3v) is 6.93. The number of anilines is 3. The Morgan fingerprint density at radius 2 is 1.76 bits per heavy atom. The van der Waals surface area contributed by atoms with Crippen LogP contribution in [0.2, 0.25) is 0 Å². The lowest BCUT2D eigenvalue weighted by Gasteiger charge is -2.37. The van der Waals surface area contributed by atoms with Gasteiger partial charge in [-0.1, -0.05) is 12.1 Å². The molecule has 0 aromatic heterocycles. The lowest BCUT2D eigenvalue weighted by atomic mass is 9.86. The molecule has 0 N–H and O–H groups in total. The number of nitrogens with zero attached hydrogens (tertiary/aromatic N) is 4. The SMILES string of the molecule is CC(C)(C)OC(=O)N1CCN(c2ccc3c(c2)N(c2cccc(Br)c2C#N)C(=O)C3(C)C)CC1. The van der Waals surface area contributed by atoms with Crippen molar-refractivity contribution >= 4 is 45.0 Å². The highest BCUT2D eigenvalue weighted by atomic mass is 79.9. The molecule has 2 aliphatic rings. The third-order valence-electron chi connectivity index (χ3n) is 6.27. The van der Waals surface area contributed by atoms with Gasteiger partial charge in [-0.2, -0.15) is 5.26 Å². The van der Waals surface area contributed by atoms with E-state index in [-0.39, 0.29) is 12.0 Å². The van der Waals surface area contributed by atoms with Crippen LogP contribution in [-0.4, -0.2) is 48.7 Å². The van der Waals surface area contributed by atoms with Gasteiger partial charge in [0.1, 0.15) is 11.7 Å². The summed E-state index contributed by atoms with van der Waals surface area (Å²) in [6.45, 7) is 11.9. The van der Waals surface area contributed by atoms with Crippen molar-refractivity contribution in [2.24, 2.45) is 0 Å². The van der Waals surface area contributed by atoms with Crippen LogP contribution in [0.15, 0.2) is 40.9 Å². The molecule has 0 atom stereocenters. The second-order valence-electron chi connectivity index (χ2n) is 10.2. The number of hydrogen-bond acceptors (Lipinski definition) is 5. The fourth-order valence-electron chi connectivity index (χ4n) is 4.46. The van der Waals surface area contributed by atoms with Gasteiger partial charge >= 0.3 is 6.09 Å². The number of hydrogen-bond donors (Lipinski definition) is 0. The molecule has 0 aliphatic carbocycles. The second-order valence-corrected chi connectivity index (χ2v) is 11.0. The molecular weight excluding hydrogens is 496 g/mol. The Labute approximate surface area is 209 Å². The number of benzene rings is 2. The minimum Gasteiger partial charge on any atom is -0.444 e. The summed E-state index contributed by atoms with van der Waals surface area (Å²) in [6.07, 6.45) is -0.293. The van der Waals surface area contributed by atoms with E-state index >= 15 is 0 Å². The highest BCUT2D eigenvalue weighted by Gasteiger charge is 2.45. The van der Waals surface area contributed by atoms with Gasteiger partial charge < -0.3 is 14.5 Å². The zero-order valence-corrected chi connectivity index (χ0v) is 21.8. The van der Waals surface area contributed by atoms with Crippen molar-refractivity contribution in [3.05, 3.63) is 52.0 Å². The normalized spacial score (nSPS) is 17.4. The van der Waals surface area contributed by atoms with Gasteiger partial charge in [-0.25, -0.2) is 4.79 Å². The molecule has 0 spiro atoms. The molecule has 0 saturated carbocycles. The summed E-state index contributed by atoms with van der Waals surface area (Å²) in [4.78, 5) is 31.5. The number of rotatable bonds is 2. The molecule has 4 rings (SSSR count). The topological polar surface area (TPSA) is 76.9 Å².